The number of carboxylic acids is 1. The molecule has 3 aromatic carbocycles. The van der Waals surface area contributed by atoms with Gasteiger partial charge in [-0.25, -0.2) is 4.79 Å². The van der Waals surface area contributed by atoms with Crippen LogP contribution in [0.4, 0.5) is 5.69 Å². The molecule has 1 aromatic heterocycles. The lowest BCUT2D eigenvalue weighted by molar-refractivity contribution is 0.0698. The molecular formula is C27H23N3O3. The predicted molar refractivity (Wildman–Crippen MR) is 130 cm³/mol. The third-order valence-corrected chi connectivity index (χ3v) is 5.84. The van der Waals surface area contributed by atoms with E-state index in [-0.39, 0.29) is 17.2 Å². The number of nitriles is 1. The number of carboxylic acid groups (broad SMARTS) is 1. The van der Waals surface area contributed by atoms with Crippen LogP contribution in [0.3, 0.4) is 0 Å². The first-order valence-corrected chi connectivity index (χ1v) is 10.5. The van der Waals surface area contributed by atoms with Crippen LogP contribution in [0.25, 0.3) is 22.0 Å². The van der Waals surface area contributed by atoms with Crippen LogP contribution < -0.4 is 10.9 Å². The van der Waals surface area contributed by atoms with Crippen molar-refractivity contribution in [2.45, 2.75) is 19.9 Å². The van der Waals surface area contributed by atoms with E-state index in [2.05, 4.69) is 11.4 Å². The summed E-state index contributed by atoms with van der Waals surface area (Å²) in [7, 11) is 1.74. The molecule has 1 unspecified atom stereocenters. The molecule has 0 saturated heterocycles. The van der Waals surface area contributed by atoms with E-state index < -0.39 is 5.97 Å². The fourth-order valence-electron chi connectivity index (χ4n) is 4.14. The van der Waals surface area contributed by atoms with Gasteiger partial charge in [0.05, 0.1) is 22.9 Å². The zero-order chi connectivity index (χ0) is 23.7. The van der Waals surface area contributed by atoms with Crippen LogP contribution in [0.1, 0.15) is 40.0 Å². The fraction of sp³-hybridized carbons (Fsp3) is 0.148. The summed E-state index contributed by atoms with van der Waals surface area (Å²) in [6, 6.07) is 21.6. The second-order valence-corrected chi connectivity index (χ2v) is 8.12. The highest BCUT2D eigenvalue weighted by Gasteiger charge is 2.18. The van der Waals surface area contributed by atoms with Crippen LogP contribution in [-0.2, 0) is 7.05 Å². The molecule has 0 aliphatic rings. The maximum absolute atomic E-state index is 13.3. The minimum Gasteiger partial charge on any atom is -0.478 e. The number of rotatable bonds is 5. The minimum atomic E-state index is -1.00. The molecule has 0 radical (unpaired) electrons. The van der Waals surface area contributed by atoms with Crippen LogP contribution in [-0.4, -0.2) is 15.6 Å². The molecule has 4 rings (SSSR count). The fourth-order valence-corrected chi connectivity index (χ4v) is 4.14. The maximum Gasteiger partial charge on any atom is 0.337 e. The van der Waals surface area contributed by atoms with E-state index >= 15 is 0 Å². The van der Waals surface area contributed by atoms with Crippen molar-refractivity contribution >= 4 is 22.4 Å². The Hall–Kier alpha value is -4.37. The van der Waals surface area contributed by atoms with Gasteiger partial charge in [0.25, 0.3) is 5.56 Å². The van der Waals surface area contributed by atoms with Gasteiger partial charge in [-0.1, -0.05) is 30.3 Å². The Balaban J connectivity index is 1.88. The van der Waals surface area contributed by atoms with Crippen LogP contribution >= 0.6 is 0 Å². The molecule has 4 aromatic rings. The molecule has 0 amide bonds. The van der Waals surface area contributed by atoms with E-state index in [9.17, 15) is 14.7 Å². The monoisotopic (exact) mass is 437 g/mol. The van der Waals surface area contributed by atoms with Crippen molar-refractivity contribution in [3.63, 3.8) is 0 Å². The summed E-state index contributed by atoms with van der Waals surface area (Å²) in [6.07, 6.45) is 0. The number of aromatic carboxylic acids is 1. The standard InChI is InChI=1S/C27H23N3O3/c1-16-12-21(17(2)29-24-7-5-4-6-20(24)27(32)33)22-14-25(30(3)26(31)23(22)13-16)19-10-8-18(15-28)9-11-19/h4-14,17,29H,1-3H3,(H,32,33). The molecule has 1 heterocycles. The largest absolute Gasteiger partial charge is 0.478 e. The molecule has 2 N–H and O–H groups in total. The summed E-state index contributed by atoms with van der Waals surface area (Å²) in [5.41, 5.74) is 4.56. The number of pyridine rings is 1. The lowest BCUT2D eigenvalue weighted by Crippen LogP contribution is -2.20. The van der Waals surface area contributed by atoms with Gasteiger partial charge in [-0.3, -0.25) is 4.79 Å². The van der Waals surface area contributed by atoms with Crippen molar-refractivity contribution in [3.8, 4) is 17.3 Å². The number of hydrogen-bond donors (Lipinski definition) is 2. The number of aromatic nitrogens is 1. The highest BCUT2D eigenvalue weighted by molar-refractivity contribution is 5.94. The third-order valence-electron chi connectivity index (χ3n) is 5.84. The zero-order valence-corrected chi connectivity index (χ0v) is 18.6. The number of carbonyl (C=O) groups is 1. The highest BCUT2D eigenvalue weighted by atomic mass is 16.4. The predicted octanol–water partition coefficient (Wildman–Crippen LogP) is 5.26. The Bertz CT molecular complexity index is 1480. The summed E-state index contributed by atoms with van der Waals surface area (Å²) in [5, 5.41) is 23.3. The molecule has 164 valence electrons. The van der Waals surface area contributed by atoms with Crippen LogP contribution in [0.5, 0.6) is 0 Å². The first-order valence-electron chi connectivity index (χ1n) is 10.5. The first-order chi connectivity index (χ1) is 15.8. The van der Waals surface area contributed by atoms with Crippen molar-refractivity contribution in [1.29, 1.82) is 5.26 Å². The Labute approximate surface area is 191 Å². The molecule has 6 nitrogen and oxygen atoms in total. The Morgan fingerprint density at radius 3 is 2.42 bits per heavy atom. The van der Waals surface area contributed by atoms with Crippen molar-refractivity contribution in [2.75, 3.05) is 5.32 Å². The van der Waals surface area contributed by atoms with Gasteiger partial charge >= 0.3 is 5.97 Å². The molecular weight excluding hydrogens is 414 g/mol. The number of fused-ring (bicyclic) bond motifs is 1. The lowest BCUT2D eigenvalue weighted by Gasteiger charge is -2.21. The number of anilines is 1. The Morgan fingerprint density at radius 1 is 1.06 bits per heavy atom. The van der Waals surface area contributed by atoms with Crippen molar-refractivity contribution in [2.24, 2.45) is 7.05 Å². The second kappa shape index (κ2) is 8.64. The molecule has 33 heavy (non-hydrogen) atoms. The van der Waals surface area contributed by atoms with Gasteiger partial charge in [0, 0.05) is 24.2 Å². The van der Waals surface area contributed by atoms with Gasteiger partial charge in [0.1, 0.15) is 0 Å². The molecule has 0 aliphatic heterocycles. The van der Waals surface area contributed by atoms with Crippen molar-refractivity contribution in [1.82, 2.24) is 4.57 Å². The maximum atomic E-state index is 13.3. The number of para-hydroxylation sites is 1. The van der Waals surface area contributed by atoms with Crippen molar-refractivity contribution in [3.05, 3.63) is 99.3 Å². The average Bonchev–Trinajstić information content (AvgIpc) is 2.81. The summed E-state index contributed by atoms with van der Waals surface area (Å²) < 4.78 is 1.62. The molecule has 0 fully saturated rings. The van der Waals surface area contributed by atoms with E-state index in [1.54, 1.807) is 48.0 Å². The zero-order valence-electron chi connectivity index (χ0n) is 18.6. The van der Waals surface area contributed by atoms with E-state index in [1.807, 2.05) is 44.2 Å². The van der Waals surface area contributed by atoms with E-state index in [1.165, 1.54) is 0 Å². The quantitative estimate of drug-likeness (QED) is 0.444. The van der Waals surface area contributed by atoms with E-state index in [0.717, 1.165) is 27.8 Å². The molecule has 1 atom stereocenters. The van der Waals surface area contributed by atoms with Gasteiger partial charge in [-0.2, -0.15) is 5.26 Å². The third kappa shape index (κ3) is 4.09. The smallest absolute Gasteiger partial charge is 0.337 e. The SMILES string of the molecule is Cc1cc(C(C)Nc2ccccc2C(=O)O)c2cc(-c3ccc(C#N)cc3)n(C)c(=O)c2c1. The van der Waals surface area contributed by atoms with E-state index in [4.69, 9.17) is 5.26 Å². The number of benzene rings is 3. The molecule has 0 bridgehead atoms. The normalized spacial score (nSPS) is 11.7. The van der Waals surface area contributed by atoms with Crippen LogP contribution in [0.15, 0.2) is 71.5 Å². The summed E-state index contributed by atoms with van der Waals surface area (Å²) in [4.78, 5) is 24.9. The van der Waals surface area contributed by atoms with Crippen LogP contribution in [0, 0.1) is 18.3 Å². The van der Waals surface area contributed by atoms with Crippen LogP contribution in [0.2, 0.25) is 0 Å². The average molecular weight is 437 g/mol. The summed E-state index contributed by atoms with van der Waals surface area (Å²) in [5.74, 6) is -1.00. The van der Waals surface area contributed by atoms with Gasteiger partial charge in [0.15, 0.2) is 0 Å². The Kier molecular flexibility index (Phi) is 5.72. The molecule has 0 saturated carbocycles. The highest BCUT2D eigenvalue weighted by Crippen LogP contribution is 2.31. The number of nitrogens with one attached hydrogen (secondary N) is 1. The van der Waals surface area contributed by atoms with Gasteiger partial charge in [0.2, 0.25) is 0 Å². The van der Waals surface area contributed by atoms with Crippen molar-refractivity contribution < 1.29 is 9.90 Å². The molecule has 0 spiro atoms. The minimum absolute atomic E-state index is 0.116. The topological polar surface area (TPSA) is 95.1 Å². The molecule has 0 aliphatic carbocycles. The lowest BCUT2D eigenvalue weighted by atomic mass is 9.95. The van der Waals surface area contributed by atoms with E-state index in [0.29, 0.717) is 16.6 Å². The number of nitrogens with zero attached hydrogens (tertiary/aromatic N) is 2. The number of hydrogen-bond acceptors (Lipinski definition) is 4. The second-order valence-electron chi connectivity index (χ2n) is 8.12. The van der Waals surface area contributed by atoms with Gasteiger partial charge < -0.3 is 15.0 Å². The number of aryl methyl sites for hydroxylation is 1. The van der Waals surface area contributed by atoms with Gasteiger partial charge in [-0.15, -0.1) is 0 Å². The summed E-state index contributed by atoms with van der Waals surface area (Å²) in [6.45, 7) is 3.89. The van der Waals surface area contributed by atoms with Gasteiger partial charge in [-0.05, 0) is 72.3 Å². The Morgan fingerprint density at radius 2 is 1.76 bits per heavy atom. The first kappa shape index (κ1) is 21.8. The summed E-state index contributed by atoms with van der Waals surface area (Å²) >= 11 is 0. The molecule has 6 heteroatoms.